The summed E-state index contributed by atoms with van der Waals surface area (Å²) in [4.78, 5) is 6.49. The first-order chi connectivity index (χ1) is 9.65. The molecule has 4 nitrogen and oxygen atoms in total. The van der Waals surface area contributed by atoms with E-state index < -0.39 is 0 Å². The van der Waals surface area contributed by atoms with Crippen LogP contribution in [-0.4, -0.2) is 0 Å². The fourth-order valence-corrected chi connectivity index (χ4v) is 2.28. The molecule has 1 aliphatic rings. The number of nitrogens with zero attached hydrogens (tertiary/aromatic N) is 4. The molecule has 0 saturated carbocycles. The second-order valence-corrected chi connectivity index (χ2v) is 4.33. The molecule has 20 heavy (non-hydrogen) atoms. The van der Waals surface area contributed by atoms with Gasteiger partial charge in [0.1, 0.15) is 0 Å². The molecule has 0 bridgehead atoms. The van der Waals surface area contributed by atoms with E-state index in [4.69, 9.17) is 23.7 Å². The molecule has 0 radical (unpaired) electrons. The van der Waals surface area contributed by atoms with Crippen LogP contribution in [0.25, 0.3) is 20.8 Å². The molecule has 0 spiro atoms. The van der Waals surface area contributed by atoms with Gasteiger partial charge in [0.05, 0.1) is 25.3 Å². The Bertz CT molecular complexity index is 795. The molecule has 0 amide bonds. The van der Waals surface area contributed by atoms with Gasteiger partial charge in [-0.15, -0.1) is 0 Å². The van der Waals surface area contributed by atoms with Crippen molar-refractivity contribution in [2.75, 3.05) is 0 Å². The smallest absolute Gasteiger partial charge is 0.226 e. The van der Waals surface area contributed by atoms with E-state index in [0.717, 1.165) is 16.7 Å². The van der Waals surface area contributed by atoms with E-state index >= 15 is 0 Å². The highest BCUT2D eigenvalue weighted by Gasteiger charge is 2.26. The Morgan fingerprint density at radius 2 is 1.60 bits per heavy atom. The average molecular weight is 256 g/mol. The standard InChI is InChI=1S/C16H8N4/c1-10-4-5-11-12(6-10)14(16(9-18)20-3)7-13(11)15(8-17)19-2/h4-6H,7H2,1H3. The Labute approximate surface area is 117 Å². The highest BCUT2D eigenvalue weighted by atomic mass is 14.7. The predicted octanol–water partition coefficient (Wildman–Crippen LogP) is 3.71. The predicted molar refractivity (Wildman–Crippen MR) is 74.1 cm³/mol. The Morgan fingerprint density at radius 1 is 1.05 bits per heavy atom. The zero-order valence-electron chi connectivity index (χ0n) is 10.7. The fraction of sp³-hybridized carbons (Fsp3) is 0.125. The van der Waals surface area contributed by atoms with Crippen LogP contribution < -0.4 is 0 Å². The van der Waals surface area contributed by atoms with Crippen LogP contribution in [-0.2, 0) is 0 Å². The second-order valence-electron chi connectivity index (χ2n) is 4.33. The molecule has 0 saturated heterocycles. The van der Waals surface area contributed by atoms with Crippen molar-refractivity contribution in [3.05, 3.63) is 69.1 Å². The SMILES string of the molecule is [C-]#[N+]C(C#N)=C1CC(=C(C#N)[N+]#[C-])c2cc(C)ccc21. The van der Waals surface area contributed by atoms with E-state index in [0.29, 0.717) is 11.1 Å². The zero-order chi connectivity index (χ0) is 14.7. The fourth-order valence-electron chi connectivity index (χ4n) is 2.28. The summed E-state index contributed by atoms with van der Waals surface area (Å²) < 4.78 is 0. The van der Waals surface area contributed by atoms with E-state index in [1.807, 2.05) is 37.3 Å². The van der Waals surface area contributed by atoms with Gasteiger partial charge in [-0.25, -0.2) is 20.2 Å². The van der Waals surface area contributed by atoms with Gasteiger partial charge in [-0.3, -0.25) is 0 Å². The van der Waals surface area contributed by atoms with Gasteiger partial charge in [0.2, 0.25) is 0 Å². The van der Waals surface area contributed by atoms with E-state index in [-0.39, 0.29) is 17.8 Å². The van der Waals surface area contributed by atoms with Crippen molar-refractivity contribution < 1.29 is 0 Å². The van der Waals surface area contributed by atoms with E-state index in [9.17, 15) is 0 Å². The minimum atomic E-state index is 0.0207. The number of benzene rings is 1. The minimum absolute atomic E-state index is 0.0207. The lowest BCUT2D eigenvalue weighted by atomic mass is 10.0. The van der Waals surface area contributed by atoms with Crippen molar-refractivity contribution >= 4 is 11.1 Å². The molecule has 0 aliphatic heterocycles. The van der Waals surface area contributed by atoms with Crippen molar-refractivity contribution in [1.82, 2.24) is 0 Å². The van der Waals surface area contributed by atoms with Crippen molar-refractivity contribution in [3.8, 4) is 12.1 Å². The molecule has 1 aromatic rings. The average Bonchev–Trinajstić information content (AvgIpc) is 2.81. The number of hydrogen-bond donors (Lipinski definition) is 0. The Morgan fingerprint density at radius 3 is 2.10 bits per heavy atom. The molecule has 2 rings (SSSR count). The van der Waals surface area contributed by atoms with E-state index in [2.05, 4.69) is 9.69 Å². The summed E-state index contributed by atoms with van der Waals surface area (Å²) in [5.41, 5.74) is 3.81. The molecule has 0 unspecified atom stereocenters. The normalized spacial score (nSPS) is 17.1. The highest BCUT2D eigenvalue weighted by Crippen LogP contribution is 2.44. The van der Waals surface area contributed by atoms with E-state index in [1.54, 1.807) is 0 Å². The molecule has 4 heteroatoms. The molecule has 0 aromatic heterocycles. The molecule has 92 valence electrons. The molecule has 1 aliphatic carbocycles. The minimum Gasteiger partial charge on any atom is -0.226 e. The lowest BCUT2D eigenvalue weighted by Crippen LogP contribution is -1.85. The summed E-state index contributed by atoms with van der Waals surface area (Å²) in [6.45, 7) is 16.1. The third kappa shape index (κ3) is 1.93. The maximum absolute atomic E-state index is 9.06. The Kier molecular flexibility index (Phi) is 3.35. The number of fused-ring (bicyclic) bond motifs is 1. The van der Waals surface area contributed by atoms with Gasteiger partial charge in [-0.05, 0) is 35.6 Å². The molecule has 0 heterocycles. The Hall–Kier alpha value is -3.34. The molecule has 1 aromatic carbocycles. The molecular weight excluding hydrogens is 248 g/mol. The van der Waals surface area contributed by atoms with Crippen molar-refractivity contribution in [3.63, 3.8) is 0 Å². The van der Waals surface area contributed by atoms with Crippen LogP contribution in [0.4, 0.5) is 0 Å². The summed E-state index contributed by atoms with van der Waals surface area (Å²) in [7, 11) is 0. The summed E-state index contributed by atoms with van der Waals surface area (Å²) in [6, 6.07) is 9.40. The van der Waals surface area contributed by atoms with Crippen molar-refractivity contribution in [1.29, 1.82) is 10.5 Å². The summed E-state index contributed by atoms with van der Waals surface area (Å²) in [5.74, 6) is 0. The zero-order valence-corrected chi connectivity index (χ0v) is 10.7. The topological polar surface area (TPSA) is 56.3 Å². The van der Waals surface area contributed by atoms with Gasteiger partial charge < -0.3 is 0 Å². The number of allylic oxidation sites excluding steroid dienone is 4. The van der Waals surface area contributed by atoms with Crippen LogP contribution in [0.5, 0.6) is 0 Å². The first-order valence-corrected chi connectivity index (χ1v) is 5.79. The van der Waals surface area contributed by atoms with Gasteiger partial charge >= 0.3 is 0 Å². The largest absolute Gasteiger partial charge is 0.265 e. The number of hydrogen-bond acceptors (Lipinski definition) is 2. The van der Waals surface area contributed by atoms with Gasteiger partial charge in [0.15, 0.2) is 0 Å². The summed E-state index contributed by atoms with van der Waals surface area (Å²) >= 11 is 0. The quantitative estimate of drug-likeness (QED) is 0.525. The van der Waals surface area contributed by atoms with Gasteiger partial charge in [0.25, 0.3) is 11.4 Å². The van der Waals surface area contributed by atoms with Crippen molar-refractivity contribution in [2.45, 2.75) is 13.3 Å². The monoisotopic (exact) mass is 256 g/mol. The third-order valence-electron chi connectivity index (χ3n) is 3.19. The number of rotatable bonds is 0. The van der Waals surface area contributed by atoms with Gasteiger partial charge in [-0.1, -0.05) is 23.8 Å². The molecule has 0 N–H and O–H groups in total. The van der Waals surface area contributed by atoms with E-state index in [1.165, 1.54) is 0 Å². The van der Waals surface area contributed by atoms with Crippen LogP contribution >= 0.6 is 0 Å². The number of nitriles is 2. The van der Waals surface area contributed by atoms with Crippen LogP contribution in [0.3, 0.4) is 0 Å². The van der Waals surface area contributed by atoms with Crippen LogP contribution in [0.2, 0.25) is 0 Å². The van der Waals surface area contributed by atoms with Gasteiger partial charge in [-0.2, -0.15) is 0 Å². The first kappa shape index (κ1) is 13.1. The molecular formula is C16H8N4. The first-order valence-electron chi connectivity index (χ1n) is 5.79. The highest BCUT2D eigenvalue weighted by molar-refractivity contribution is 5.97. The van der Waals surface area contributed by atoms with Crippen LogP contribution in [0.15, 0.2) is 29.6 Å². The third-order valence-corrected chi connectivity index (χ3v) is 3.19. The van der Waals surface area contributed by atoms with Gasteiger partial charge in [0, 0.05) is 0 Å². The van der Waals surface area contributed by atoms with Crippen LogP contribution in [0, 0.1) is 42.7 Å². The molecule has 0 fully saturated rings. The Balaban J connectivity index is 2.86. The van der Waals surface area contributed by atoms with Crippen molar-refractivity contribution in [2.24, 2.45) is 0 Å². The lowest BCUT2D eigenvalue weighted by Gasteiger charge is -2.03. The lowest BCUT2D eigenvalue weighted by molar-refractivity contribution is 1.42. The second kappa shape index (κ2) is 5.11. The molecule has 0 atom stereocenters. The maximum atomic E-state index is 9.06. The number of aryl methyl sites for hydroxylation is 1. The summed E-state index contributed by atoms with van der Waals surface area (Å²) in [5, 5.41) is 18.1. The van der Waals surface area contributed by atoms with Crippen LogP contribution in [0.1, 0.15) is 23.1 Å². The maximum Gasteiger partial charge on any atom is 0.265 e. The summed E-state index contributed by atoms with van der Waals surface area (Å²) in [6.07, 6.45) is 0.287.